The number of aromatic nitrogens is 2. The van der Waals surface area contributed by atoms with E-state index in [2.05, 4.69) is 31.3 Å². The van der Waals surface area contributed by atoms with E-state index in [1.54, 1.807) is 24.3 Å². The SMILES string of the molecule is C#Cc1cccc(N/C(=N/O)c2nonc2N)c1. The van der Waals surface area contributed by atoms with Crippen molar-refractivity contribution in [1.82, 2.24) is 10.3 Å². The molecule has 4 N–H and O–H groups in total. The first-order valence-electron chi connectivity index (χ1n) is 4.88. The zero-order valence-electron chi connectivity index (χ0n) is 9.16. The van der Waals surface area contributed by atoms with Crippen molar-refractivity contribution in [2.75, 3.05) is 11.1 Å². The van der Waals surface area contributed by atoms with Gasteiger partial charge in [-0.1, -0.05) is 17.1 Å². The quantitative estimate of drug-likeness (QED) is 0.237. The van der Waals surface area contributed by atoms with E-state index in [0.29, 0.717) is 11.3 Å². The number of hydrogen-bond acceptors (Lipinski definition) is 6. The maximum atomic E-state index is 8.93. The smallest absolute Gasteiger partial charge is 0.203 e. The van der Waals surface area contributed by atoms with Crippen molar-refractivity contribution >= 4 is 17.3 Å². The predicted molar refractivity (Wildman–Crippen MR) is 65.0 cm³/mol. The van der Waals surface area contributed by atoms with Gasteiger partial charge in [-0.3, -0.25) is 0 Å². The third-order valence-corrected chi connectivity index (χ3v) is 2.13. The molecule has 0 saturated heterocycles. The highest BCUT2D eigenvalue weighted by Gasteiger charge is 2.14. The Kier molecular flexibility index (Phi) is 3.11. The van der Waals surface area contributed by atoms with Crippen molar-refractivity contribution < 1.29 is 9.84 Å². The van der Waals surface area contributed by atoms with Gasteiger partial charge in [-0.05, 0) is 28.5 Å². The number of benzene rings is 1. The van der Waals surface area contributed by atoms with Crippen LogP contribution in [0.25, 0.3) is 0 Å². The number of rotatable bonds is 2. The Hall–Kier alpha value is -3.01. The lowest BCUT2D eigenvalue weighted by molar-refractivity contribution is 0.305. The van der Waals surface area contributed by atoms with Gasteiger partial charge in [-0.2, -0.15) is 0 Å². The molecular weight excluding hydrogens is 234 g/mol. The molecule has 0 aliphatic heterocycles. The Morgan fingerprint density at radius 1 is 1.50 bits per heavy atom. The van der Waals surface area contributed by atoms with E-state index in [1.165, 1.54) is 0 Å². The summed E-state index contributed by atoms with van der Waals surface area (Å²) in [4.78, 5) is 0. The molecule has 0 bridgehead atoms. The number of nitrogens with two attached hydrogens (primary N) is 1. The van der Waals surface area contributed by atoms with E-state index in [0.717, 1.165) is 0 Å². The second-order valence-electron chi connectivity index (χ2n) is 3.30. The highest BCUT2D eigenvalue weighted by molar-refractivity contribution is 6.09. The summed E-state index contributed by atoms with van der Waals surface area (Å²) in [6.07, 6.45) is 5.29. The number of nitrogens with zero attached hydrogens (tertiary/aromatic N) is 3. The van der Waals surface area contributed by atoms with E-state index in [1.807, 2.05) is 0 Å². The summed E-state index contributed by atoms with van der Waals surface area (Å²) in [6.45, 7) is 0. The maximum Gasteiger partial charge on any atom is 0.203 e. The van der Waals surface area contributed by atoms with Gasteiger partial charge in [0.15, 0.2) is 11.5 Å². The van der Waals surface area contributed by atoms with Gasteiger partial charge >= 0.3 is 0 Å². The third kappa shape index (κ3) is 2.22. The zero-order valence-corrected chi connectivity index (χ0v) is 9.16. The molecule has 0 spiro atoms. The number of anilines is 2. The Morgan fingerprint density at radius 2 is 2.33 bits per heavy atom. The molecule has 1 aromatic heterocycles. The van der Waals surface area contributed by atoms with Crippen LogP contribution in [-0.2, 0) is 0 Å². The van der Waals surface area contributed by atoms with Gasteiger partial charge in [-0.15, -0.1) is 6.42 Å². The molecule has 1 heterocycles. The minimum absolute atomic E-state index is 0.0166. The molecule has 0 aliphatic carbocycles. The van der Waals surface area contributed by atoms with Crippen LogP contribution in [0.4, 0.5) is 11.5 Å². The molecule has 90 valence electrons. The van der Waals surface area contributed by atoms with Crippen molar-refractivity contribution in [3.05, 3.63) is 35.5 Å². The van der Waals surface area contributed by atoms with Crippen molar-refractivity contribution in [2.45, 2.75) is 0 Å². The van der Waals surface area contributed by atoms with Crippen LogP contribution >= 0.6 is 0 Å². The molecule has 18 heavy (non-hydrogen) atoms. The van der Waals surface area contributed by atoms with Gasteiger partial charge in [0.1, 0.15) is 0 Å². The Morgan fingerprint density at radius 3 is 2.94 bits per heavy atom. The number of terminal acetylenes is 1. The van der Waals surface area contributed by atoms with Gasteiger partial charge in [0.2, 0.25) is 5.84 Å². The average Bonchev–Trinajstić information content (AvgIpc) is 2.82. The van der Waals surface area contributed by atoms with E-state index >= 15 is 0 Å². The summed E-state index contributed by atoms with van der Waals surface area (Å²) in [7, 11) is 0. The highest BCUT2D eigenvalue weighted by atomic mass is 16.6. The van der Waals surface area contributed by atoms with Crippen LogP contribution in [0.5, 0.6) is 0 Å². The van der Waals surface area contributed by atoms with Gasteiger partial charge in [0.25, 0.3) is 0 Å². The number of hydrogen-bond donors (Lipinski definition) is 3. The molecule has 7 nitrogen and oxygen atoms in total. The lowest BCUT2D eigenvalue weighted by Crippen LogP contribution is -2.16. The number of nitrogens with one attached hydrogen (secondary N) is 1. The molecule has 0 aliphatic rings. The Balaban J connectivity index is 2.27. The van der Waals surface area contributed by atoms with E-state index in [9.17, 15) is 0 Å². The topological polar surface area (TPSA) is 110 Å². The van der Waals surface area contributed by atoms with Gasteiger partial charge < -0.3 is 16.3 Å². The molecule has 7 heteroatoms. The number of nitrogen functional groups attached to an aromatic ring is 1. The van der Waals surface area contributed by atoms with Crippen LogP contribution in [0.15, 0.2) is 34.1 Å². The van der Waals surface area contributed by atoms with Crippen LogP contribution in [-0.4, -0.2) is 21.4 Å². The third-order valence-electron chi connectivity index (χ3n) is 2.13. The van der Waals surface area contributed by atoms with Crippen LogP contribution in [0, 0.1) is 12.3 Å². The van der Waals surface area contributed by atoms with Gasteiger partial charge in [0, 0.05) is 11.3 Å². The number of amidine groups is 1. The first kappa shape index (κ1) is 11.5. The summed E-state index contributed by atoms with van der Waals surface area (Å²) in [5.74, 6) is 2.52. The van der Waals surface area contributed by atoms with E-state index in [4.69, 9.17) is 17.4 Å². The van der Waals surface area contributed by atoms with Crippen LogP contribution in [0.2, 0.25) is 0 Å². The molecule has 0 fully saturated rings. The summed E-state index contributed by atoms with van der Waals surface area (Å²) in [5, 5.41) is 21.7. The molecule has 0 amide bonds. The van der Waals surface area contributed by atoms with Crippen molar-refractivity contribution in [3.8, 4) is 12.3 Å². The standard InChI is InChI=1S/C11H9N5O2/c1-2-7-4-3-5-8(6-7)13-11(14-17)9-10(12)16-18-15-9/h1,3-6,17H,(H2,12,16)(H,13,14). The summed E-state index contributed by atoms with van der Waals surface area (Å²) in [6, 6.07) is 6.98. The largest absolute Gasteiger partial charge is 0.409 e. The predicted octanol–water partition coefficient (Wildman–Crippen LogP) is 0.881. The fourth-order valence-corrected chi connectivity index (χ4v) is 1.31. The maximum absolute atomic E-state index is 8.93. The Bertz CT molecular complexity index is 626. The molecule has 1 aromatic carbocycles. The second kappa shape index (κ2) is 4.88. The minimum Gasteiger partial charge on any atom is -0.409 e. The minimum atomic E-state index is 0.0166. The molecule has 0 atom stereocenters. The lowest BCUT2D eigenvalue weighted by atomic mass is 10.2. The molecule has 0 radical (unpaired) electrons. The molecule has 2 rings (SSSR count). The van der Waals surface area contributed by atoms with Crippen LogP contribution in [0.1, 0.15) is 11.3 Å². The molecule has 0 saturated carbocycles. The highest BCUT2D eigenvalue weighted by Crippen LogP contribution is 2.13. The molecular formula is C11H9N5O2. The van der Waals surface area contributed by atoms with Crippen molar-refractivity contribution in [1.29, 1.82) is 0 Å². The summed E-state index contributed by atoms with van der Waals surface area (Å²) >= 11 is 0. The average molecular weight is 243 g/mol. The van der Waals surface area contributed by atoms with Crippen LogP contribution in [0.3, 0.4) is 0 Å². The summed E-state index contributed by atoms with van der Waals surface area (Å²) in [5.41, 5.74) is 6.92. The molecule has 0 unspecified atom stereocenters. The van der Waals surface area contributed by atoms with Crippen molar-refractivity contribution in [3.63, 3.8) is 0 Å². The second-order valence-corrected chi connectivity index (χ2v) is 3.30. The van der Waals surface area contributed by atoms with Gasteiger partial charge in [-0.25, -0.2) is 4.63 Å². The van der Waals surface area contributed by atoms with E-state index < -0.39 is 0 Å². The molecule has 2 aromatic rings. The zero-order chi connectivity index (χ0) is 13.0. The Labute approximate surface area is 102 Å². The van der Waals surface area contributed by atoms with Crippen molar-refractivity contribution in [2.24, 2.45) is 5.16 Å². The van der Waals surface area contributed by atoms with Gasteiger partial charge in [0.05, 0.1) is 0 Å². The summed E-state index contributed by atoms with van der Waals surface area (Å²) < 4.78 is 4.42. The monoisotopic (exact) mass is 243 g/mol. The lowest BCUT2D eigenvalue weighted by Gasteiger charge is -2.05. The fraction of sp³-hybridized carbons (Fsp3) is 0. The van der Waals surface area contributed by atoms with E-state index in [-0.39, 0.29) is 17.3 Å². The first-order chi connectivity index (χ1) is 8.74. The first-order valence-corrected chi connectivity index (χ1v) is 4.88. The van der Waals surface area contributed by atoms with Crippen LogP contribution < -0.4 is 11.1 Å². The fourth-order valence-electron chi connectivity index (χ4n) is 1.31. The normalized spacial score (nSPS) is 10.9. The number of oxime groups is 1.